The summed E-state index contributed by atoms with van der Waals surface area (Å²) in [4.78, 5) is 0. The fraction of sp³-hybridized carbons (Fsp3) is 0.600. The highest BCUT2D eigenvalue weighted by Gasteiger charge is 2.20. The van der Waals surface area contributed by atoms with Gasteiger partial charge in [0.1, 0.15) is 5.75 Å². The second kappa shape index (κ2) is 7.01. The Bertz CT molecular complexity index is 407. The second-order valence-electron chi connectivity index (χ2n) is 5.29. The van der Waals surface area contributed by atoms with Crippen LogP contribution in [0.5, 0.6) is 5.75 Å². The molecule has 1 rings (SSSR count). The zero-order valence-electron chi connectivity index (χ0n) is 12.4. The molecule has 0 spiro atoms. The normalized spacial score (nSPS) is 13.2. The van der Waals surface area contributed by atoms with Gasteiger partial charge in [0.05, 0.1) is 17.2 Å². The highest BCUT2D eigenvalue weighted by molar-refractivity contribution is 6.32. The van der Waals surface area contributed by atoms with Crippen molar-refractivity contribution in [3.05, 3.63) is 23.2 Å². The van der Waals surface area contributed by atoms with Gasteiger partial charge in [0, 0.05) is 18.8 Å². The van der Waals surface area contributed by atoms with Crippen LogP contribution in [0, 0.1) is 0 Å². The van der Waals surface area contributed by atoms with Crippen molar-refractivity contribution in [3.63, 3.8) is 0 Å². The average molecular weight is 286 g/mol. The predicted octanol–water partition coefficient (Wildman–Crippen LogP) is 4.35. The van der Waals surface area contributed by atoms with Crippen LogP contribution in [0.2, 0.25) is 5.02 Å². The predicted molar refractivity (Wildman–Crippen MR) is 81.4 cm³/mol. The van der Waals surface area contributed by atoms with Gasteiger partial charge >= 0.3 is 0 Å². The summed E-state index contributed by atoms with van der Waals surface area (Å²) in [5.74, 6) is 0.722. The summed E-state index contributed by atoms with van der Waals surface area (Å²) >= 11 is 6.16. The standard InChI is InChI=1S/C15H24ClNO2/c1-6-19-14-8-7-12(9-13(14)16)17-11(2)10-15(3,4)18-5/h7-9,11,17H,6,10H2,1-5H3. The molecule has 0 heterocycles. The fourth-order valence-corrected chi connectivity index (χ4v) is 2.25. The Morgan fingerprint density at radius 3 is 2.58 bits per heavy atom. The lowest BCUT2D eigenvalue weighted by Gasteiger charge is -2.27. The molecule has 0 bridgehead atoms. The number of ether oxygens (including phenoxy) is 2. The number of rotatable bonds is 7. The first kappa shape index (κ1) is 16.1. The molecule has 1 aromatic rings. The molecule has 0 fully saturated rings. The Morgan fingerprint density at radius 1 is 1.37 bits per heavy atom. The van der Waals surface area contributed by atoms with Crippen LogP contribution in [0.25, 0.3) is 0 Å². The minimum atomic E-state index is -0.137. The molecule has 1 unspecified atom stereocenters. The summed E-state index contributed by atoms with van der Waals surface area (Å²) in [6.07, 6.45) is 0.911. The van der Waals surface area contributed by atoms with E-state index in [1.54, 1.807) is 7.11 Å². The minimum Gasteiger partial charge on any atom is -0.492 e. The highest BCUT2D eigenvalue weighted by Crippen LogP contribution is 2.28. The quantitative estimate of drug-likeness (QED) is 0.808. The molecule has 0 aliphatic heterocycles. The van der Waals surface area contributed by atoms with Crippen LogP contribution in [-0.4, -0.2) is 25.4 Å². The third kappa shape index (κ3) is 5.29. The number of anilines is 1. The van der Waals surface area contributed by atoms with Crippen molar-refractivity contribution in [1.82, 2.24) is 0 Å². The SMILES string of the molecule is CCOc1ccc(NC(C)CC(C)(C)OC)cc1Cl. The highest BCUT2D eigenvalue weighted by atomic mass is 35.5. The summed E-state index contributed by atoms with van der Waals surface area (Å²) in [6.45, 7) is 8.85. The molecule has 108 valence electrons. The topological polar surface area (TPSA) is 30.5 Å². The van der Waals surface area contributed by atoms with Crippen LogP contribution in [0.15, 0.2) is 18.2 Å². The summed E-state index contributed by atoms with van der Waals surface area (Å²) < 4.78 is 10.8. The van der Waals surface area contributed by atoms with Crippen LogP contribution in [0.1, 0.15) is 34.1 Å². The Hall–Kier alpha value is -0.930. The van der Waals surface area contributed by atoms with Gasteiger partial charge in [-0.1, -0.05) is 11.6 Å². The van der Waals surface area contributed by atoms with Crippen molar-refractivity contribution in [3.8, 4) is 5.75 Å². The van der Waals surface area contributed by atoms with E-state index in [4.69, 9.17) is 21.1 Å². The zero-order valence-corrected chi connectivity index (χ0v) is 13.2. The minimum absolute atomic E-state index is 0.137. The van der Waals surface area contributed by atoms with E-state index in [0.717, 1.165) is 17.9 Å². The molecule has 4 heteroatoms. The summed E-state index contributed by atoms with van der Waals surface area (Å²) in [5.41, 5.74) is 0.856. The van der Waals surface area contributed by atoms with Crippen molar-refractivity contribution in [2.45, 2.75) is 45.8 Å². The molecular weight excluding hydrogens is 262 g/mol. The molecule has 0 aliphatic carbocycles. The van der Waals surface area contributed by atoms with Crippen LogP contribution in [-0.2, 0) is 4.74 Å². The van der Waals surface area contributed by atoms with E-state index >= 15 is 0 Å². The van der Waals surface area contributed by atoms with Crippen LogP contribution < -0.4 is 10.1 Å². The molecule has 0 aliphatic rings. The van der Waals surface area contributed by atoms with Gasteiger partial charge in [0.2, 0.25) is 0 Å². The first-order valence-corrected chi connectivity index (χ1v) is 7.00. The van der Waals surface area contributed by atoms with Crippen molar-refractivity contribution in [2.75, 3.05) is 19.0 Å². The van der Waals surface area contributed by atoms with Crippen molar-refractivity contribution >= 4 is 17.3 Å². The summed E-state index contributed by atoms with van der Waals surface area (Å²) in [6, 6.07) is 6.06. The molecule has 1 atom stereocenters. The number of benzene rings is 1. The van der Waals surface area contributed by atoms with Gasteiger partial charge in [-0.2, -0.15) is 0 Å². The van der Waals surface area contributed by atoms with Gasteiger partial charge in [-0.3, -0.25) is 0 Å². The first-order valence-electron chi connectivity index (χ1n) is 6.62. The zero-order chi connectivity index (χ0) is 14.5. The van der Waals surface area contributed by atoms with Gasteiger partial charge < -0.3 is 14.8 Å². The third-order valence-electron chi connectivity index (χ3n) is 3.00. The smallest absolute Gasteiger partial charge is 0.138 e. The van der Waals surface area contributed by atoms with E-state index in [9.17, 15) is 0 Å². The lowest BCUT2D eigenvalue weighted by molar-refractivity contribution is 0.0128. The van der Waals surface area contributed by atoms with Gasteiger partial charge in [0.15, 0.2) is 0 Å². The second-order valence-corrected chi connectivity index (χ2v) is 5.70. The van der Waals surface area contributed by atoms with E-state index < -0.39 is 0 Å². The van der Waals surface area contributed by atoms with Gasteiger partial charge in [-0.25, -0.2) is 0 Å². The van der Waals surface area contributed by atoms with Crippen molar-refractivity contribution < 1.29 is 9.47 Å². The average Bonchev–Trinajstić information content (AvgIpc) is 2.32. The first-order chi connectivity index (χ1) is 8.88. The van der Waals surface area contributed by atoms with Gasteiger partial charge in [-0.05, 0) is 52.3 Å². The summed E-state index contributed by atoms with van der Waals surface area (Å²) in [5, 5.41) is 4.05. The maximum absolute atomic E-state index is 6.16. The van der Waals surface area contributed by atoms with Crippen molar-refractivity contribution in [1.29, 1.82) is 0 Å². The Morgan fingerprint density at radius 2 is 2.05 bits per heavy atom. The Labute approximate surface area is 121 Å². The van der Waals surface area contributed by atoms with E-state index in [-0.39, 0.29) is 5.60 Å². The molecule has 0 radical (unpaired) electrons. The fourth-order valence-electron chi connectivity index (χ4n) is 2.02. The van der Waals surface area contributed by atoms with E-state index in [2.05, 4.69) is 26.1 Å². The van der Waals surface area contributed by atoms with Crippen LogP contribution in [0.3, 0.4) is 0 Å². The number of methoxy groups -OCH3 is 1. The van der Waals surface area contributed by atoms with Gasteiger partial charge in [-0.15, -0.1) is 0 Å². The van der Waals surface area contributed by atoms with Crippen LogP contribution >= 0.6 is 11.6 Å². The molecule has 1 aromatic carbocycles. The maximum atomic E-state index is 6.16. The molecule has 1 N–H and O–H groups in total. The Balaban J connectivity index is 2.65. The lowest BCUT2D eigenvalue weighted by Crippen LogP contribution is -2.31. The molecule has 0 amide bonds. The summed E-state index contributed by atoms with van der Waals surface area (Å²) in [7, 11) is 1.74. The molecule has 3 nitrogen and oxygen atoms in total. The van der Waals surface area contributed by atoms with E-state index in [0.29, 0.717) is 17.7 Å². The van der Waals surface area contributed by atoms with E-state index in [1.807, 2.05) is 25.1 Å². The van der Waals surface area contributed by atoms with Gasteiger partial charge in [0.25, 0.3) is 0 Å². The largest absolute Gasteiger partial charge is 0.492 e. The number of hydrogen-bond acceptors (Lipinski definition) is 3. The number of nitrogens with one attached hydrogen (secondary N) is 1. The lowest BCUT2D eigenvalue weighted by atomic mass is 10.00. The molecule has 0 saturated carbocycles. The molecule has 19 heavy (non-hydrogen) atoms. The third-order valence-corrected chi connectivity index (χ3v) is 3.29. The van der Waals surface area contributed by atoms with Crippen LogP contribution in [0.4, 0.5) is 5.69 Å². The van der Waals surface area contributed by atoms with Crippen molar-refractivity contribution in [2.24, 2.45) is 0 Å². The molecule has 0 aromatic heterocycles. The Kier molecular flexibility index (Phi) is 5.95. The maximum Gasteiger partial charge on any atom is 0.138 e. The van der Waals surface area contributed by atoms with E-state index in [1.165, 1.54) is 0 Å². The monoisotopic (exact) mass is 285 g/mol. The number of halogens is 1. The molecule has 0 saturated heterocycles. The number of hydrogen-bond donors (Lipinski definition) is 1. The molecular formula is C15H24ClNO2.